The van der Waals surface area contributed by atoms with Crippen molar-refractivity contribution in [1.82, 2.24) is 5.32 Å². The van der Waals surface area contributed by atoms with E-state index in [0.29, 0.717) is 6.54 Å². The number of aliphatic hydroxyl groups excluding tert-OH is 1. The fourth-order valence-corrected chi connectivity index (χ4v) is 1.42. The monoisotopic (exact) mass is 183 g/mol. The SMILES string of the molecule is CC(O)CNC(=O)C1CC=CCC1. The molecule has 13 heavy (non-hydrogen) atoms. The molecular weight excluding hydrogens is 166 g/mol. The topological polar surface area (TPSA) is 49.3 Å². The van der Waals surface area contributed by atoms with Crippen LogP contribution in [0.3, 0.4) is 0 Å². The van der Waals surface area contributed by atoms with Crippen molar-refractivity contribution >= 4 is 5.91 Å². The number of rotatable bonds is 3. The second-order valence-corrected chi connectivity index (χ2v) is 3.58. The van der Waals surface area contributed by atoms with Crippen molar-refractivity contribution < 1.29 is 9.90 Å². The van der Waals surface area contributed by atoms with Gasteiger partial charge in [-0.1, -0.05) is 12.2 Å². The van der Waals surface area contributed by atoms with Gasteiger partial charge in [-0.3, -0.25) is 4.79 Å². The molecule has 74 valence electrons. The summed E-state index contributed by atoms with van der Waals surface area (Å²) in [5, 5.41) is 11.7. The number of allylic oxidation sites excluding steroid dienone is 2. The number of aliphatic hydroxyl groups is 1. The molecule has 0 bridgehead atoms. The molecule has 2 atom stereocenters. The Kier molecular flexibility index (Phi) is 3.96. The maximum Gasteiger partial charge on any atom is 0.223 e. The molecule has 0 heterocycles. The number of hydrogen-bond acceptors (Lipinski definition) is 2. The first kappa shape index (κ1) is 10.3. The zero-order valence-corrected chi connectivity index (χ0v) is 7.99. The van der Waals surface area contributed by atoms with Crippen molar-refractivity contribution in [3.63, 3.8) is 0 Å². The van der Waals surface area contributed by atoms with Crippen LogP contribution in [-0.2, 0) is 4.79 Å². The molecule has 0 aliphatic heterocycles. The van der Waals surface area contributed by atoms with Gasteiger partial charge in [-0.25, -0.2) is 0 Å². The lowest BCUT2D eigenvalue weighted by Crippen LogP contribution is -2.35. The van der Waals surface area contributed by atoms with Gasteiger partial charge in [0, 0.05) is 12.5 Å². The standard InChI is InChI=1S/C10H17NO2/c1-8(12)7-11-10(13)9-5-3-2-4-6-9/h2-3,8-9,12H,4-7H2,1H3,(H,11,13). The van der Waals surface area contributed by atoms with Crippen LogP contribution in [0.2, 0.25) is 0 Å². The Morgan fingerprint density at radius 2 is 2.46 bits per heavy atom. The maximum absolute atomic E-state index is 11.4. The molecule has 1 aliphatic carbocycles. The minimum atomic E-state index is -0.455. The first-order valence-corrected chi connectivity index (χ1v) is 4.81. The van der Waals surface area contributed by atoms with Gasteiger partial charge in [0.25, 0.3) is 0 Å². The fraction of sp³-hybridized carbons (Fsp3) is 0.700. The van der Waals surface area contributed by atoms with Crippen molar-refractivity contribution in [3.8, 4) is 0 Å². The molecule has 0 saturated heterocycles. The van der Waals surface area contributed by atoms with E-state index in [0.717, 1.165) is 19.3 Å². The third-order valence-electron chi connectivity index (χ3n) is 2.21. The summed E-state index contributed by atoms with van der Waals surface area (Å²) < 4.78 is 0. The normalized spacial score (nSPS) is 24.0. The molecular formula is C10H17NO2. The molecule has 1 rings (SSSR count). The summed E-state index contributed by atoms with van der Waals surface area (Å²) in [6, 6.07) is 0. The van der Waals surface area contributed by atoms with E-state index >= 15 is 0 Å². The van der Waals surface area contributed by atoms with Crippen LogP contribution in [0.25, 0.3) is 0 Å². The Morgan fingerprint density at radius 3 is 3.00 bits per heavy atom. The van der Waals surface area contributed by atoms with E-state index in [1.54, 1.807) is 6.92 Å². The number of amides is 1. The van der Waals surface area contributed by atoms with Crippen molar-refractivity contribution in [2.24, 2.45) is 5.92 Å². The molecule has 2 unspecified atom stereocenters. The number of carbonyl (C=O) groups is 1. The second kappa shape index (κ2) is 5.02. The maximum atomic E-state index is 11.4. The number of carbonyl (C=O) groups excluding carboxylic acids is 1. The van der Waals surface area contributed by atoms with E-state index in [-0.39, 0.29) is 11.8 Å². The lowest BCUT2D eigenvalue weighted by molar-refractivity contribution is -0.125. The molecule has 1 aliphatic rings. The van der Waals surface area contributed by atoms with Gasteiger partial charge in [0.1, 0.15) is 0 Å². The van der Waals surface area contributed by atoms with Crippen LogP contribution < -0.4 is 5.32 Å². The first-order valence-electron chi connectivity index (χ1n) is 4.81. The third kappa shape index (κ3) is 3.59. The molecule has 2 N–H and O–H groups in total. The smallest absolute Gasteiger partial charge is 0.223 e. The Hall–Kier alpha value is -0.830. The minimum Gasteiger partial charge on any atom is -0.392 e. The molecule has 0 spiro atoms. The van der Waals surface area contributed by atoms with Gasteiger partial charge >= 0.3 is 0 Å². The highest BCUT2D eigenvalue weighted by molar-refractivity contribution is 5.78. The van der Waals surface area contributed by atoms with Gasteiger partial charge < -0.3 is 10.4 Å². The summed E-state index contributed by atoms with van der Waals surface area (Å²) in [6.07, 6.45) is 6.47. The molecule has 0 saturated carbocycles. The lowest BCUT2D eigenvalue weighted by Gasteiger charge is -2.17. The van der Waals surface area contributed by atoms with Crippen LogP contribution in [-0.4, -0.2) is 23.7 Å². The summed E-state index contributed by atoms with van der Waals surface area (Å²) in [5.41, 5.74) is 0. The predicted molar refractivity (Wildman–Crippen MR) is 51.2 cm³/mol. The average Bonchev–Trinajstić information content (AvgIpc) is 2.15. The Labute approximate surface area is 78.8 Å². The van der Waals surface area contributed by atoms with E-state index < -0.39 is 6.10 Å². The van der Waals surface area contributed by atoms with Crippen LogP contribution in [0.4, 0.5) is 0 Å². The first-order chi connectivity index (χ1) is 6.20. The number of nitrogens with one attached hydrogen (secondary N) is 1. The van der Waals surface area contributed by atoms with E-state index in [1.165, 1.54) is 0 Å². The van der Waals surface area contributed by atoms with Gasteiger partial charge in [-0.2, -0.15) is 0 Å². The van der Waals surface area contributed by atoms with Crippen molar-refractivity contribution in [3.05, 3.63) is 12.2 Å². The summed E-state index contributed by atoms with van der Waals surface area (Å²) >= 11 is 0. The van der Waals surface area contributed by atoms with Gasteiger partial charge in [0.05, 0.1) is 6.10 Å². The van der Waals surface area contributed by atoms with Gasteiger partial charge in [0.15, 0.2) is 0 Å². The second-order valence-electron chi connectivity index (χ2n) is 3.58. The lowest BCUT2D eigenvalue weighted by atomic mass is 9.94. The van der Waals surface area contributed by atoms with Gasteiger partial charge in [-0.05, 0) is 26.2 Å². The summed E-state index contributed by atoms with van der Waals surface area (Å²) in [6.45, 7) is 2.03. The molecule has 3 heteroatoms. The average molecular weight is 183 g/mol. The van der Waals surface area contributed by atoms with Crippen LogP contribution in [0.1, 0.15) is 26.2 Å². The van der Waals surface area contributed by atoms with Gasteiger partial charge in [0.2, 0.25) is 5.91 Å². The Morgan fingerprint density at radius 1 is 1.69 bits per heavy atom. The molecule has 0 radical (unpaired) electrons. The van der Waals surface area contributed by atoms with Crippen LogP contribution >= 0.6 is 0 Å². The van der Waals surface area contributed by atoms with Crippen LogP contribution in [0.15, 0.2) is 12.2 Å². The minimum absolute atomic E-state index is 0.0743. The molecule has 0 aromatic heterocycles. The van der Waals surface area contributed by atoms with Crippen molar-refractivity contribution in [1.29, 1.82) is 0 Å². The van der Waals surface area contributed by atoms with Crippen LogP contribution in [0, 0.1) is 5.92 Å². The zero-order chi connectivity index (χ0) is 9.68. The summed E-state index contributed by atoms with van der Waals surface area (Å²) in [4.78, 5) is 11.4. The fourth-order valence-electron chi connectivity index (χ4n) is 1.42. The number of hydrogen-bond donors (Lipinski definition) is 2. The molecule has 1 amide bonds. The summed E-state index contributed by atoms with van der Waals surface area (Å²) in [5.74, 6) is 0.189. The quantitative estimate of drug-likeness (QED) is 0.637. The highest BCUT2D eigenvalue weighted by Gasteiger charge is 2.18. The highest BCUT2D eigenvalue weighted by Crippen LogP contribution is 2.17. The zero-order valence-electron chi connectivity index (χ0n) is 7.99. The van der Waals surface area contributed by atoms with Gasteiger partial charge in [-0.15, -0.1) is 0 Å². The highest BCUT2D eigenvalue weighted by atomic mass is 16.3. The van der Waals surface area contributed by atoms with E-state index in [1.807, 2.05) is 0 Å². The predicted octanol–water partition coefficient (Wildman–Crippen LogP) is 0.840. The van der Waals surface area contributed by atoms with Crippen LogP contribution in [0.5, 0.6) is 0 Å². The third-order valence-corrected chi connectivity index (χ3v) is 2.21. The largest absolute Gasteiger partial charge is 0.392 e. The van der Waals surface area contributed by atoms with Crippen molar-refractivity contribution in [2.45, 2.75) is 32.3 Å². The Bertz CT molecular complexity index is 199. The summed E-state index contributed by atoms with van der Waals surface area (Å²) in [7, 11) is 0. The molecule has 0 aromatic rings. The van der Waals surface area contributed by atoms with E-state index in [4.69, 9.17) is 5.11 Å². The van der Waals surface area contributed by atoms with Crippen molar-refractivity contribution in [2.75, 3.05) is 6.54 Å². The molecule has 3 nitrogen and oxygen atoms in total. The molecule has 0 fully saturated rings. The van der Waals surface area contributed by atoms with E-state index in [9.17, 15) is 4.79 Å². The van der Waals surface area contributed by atoms with E-state index in [2.05, 4.69) is 17.5 Å². The molecule has 0 aromatic carbocycles. The Balaban J connectivity index is 2.26.